The largest absolute Gasteiger partial charge is 0.468 e. The minimum Gasteiger partial charge on any atom is -0.468 e. The van der Waals surface area contributed by atoms with Crippen LogP contribution >= 0.6 is 0 Å². The number of benzene rings is 1. The molecule has 1 aromatic carbocycles. The summed E-state index contributed by atoms with van der Waals surface area (Å²) in [5, 5.41) is 0. The van der Waals surface area contributed by atoms with Crippen molar-refractivity contribution in [2.24, 2.45) is 11.3 Å². The molecule has 20 heavy (non-hydrogen) atoms. The second-order valence-corrected chi connectivity index (χ2v) is 5.65. The summed E-state index contributed by atoms with van der Waals surface area (Å²) >= 11 is 0. The minimum atomic E-state index is -0.818. The Kier molecular flexibility index (Phi) is 4.58. The smallest absolute Gasteiger partial charge is 0.319 e. The molecule has 3 nitrogen and oxygen atoms in total. The molecule has 0 spiro atoms. The summed E-state index contributed by atoms with van der Waals surface area (Å²) in [7, 11) is 1.36. The molecule has 2 unspecified atom stereocenters. The zero-order valence-electron chi connectivity index (χ0n) is 12.2. The van der Waals surface area contributed by atoms with E-state index in [4.69, 9.17) is 4.74 Å². The first-order valence-corrected chi connectivity index (χ1v) is 7.24. The zero-order valence-corrected chi connectivity index (χ0v) is 12.2. The fraction of sp³-hybridized carbons (Fsp3) is 0.529. The Morgan fingerprint density at radius 1 is 1.25 bits per heavy atom. The number of carbonyl (C=O) groups excluding carboxylic acids is 2. The second-order valence-electron chi connectivity index (χ2n) is 5.65. The van der Waals surface area contributed by atoms with Gasteiger partial charge < -0.3 is 4.74 Å². The van der Waals surface area contributed by atoms with Crippen LogP contribution in [0.5, 0.6) is 0 Å². The molecule has 0 amide bonds. The summed E-state index contributed by atoms with van der Waals surface area (Å²) in [6, 6.07) is 10.4. The number of hydrogen-bond acceptors (Lipinski definition) is 3. The van der Waals surface area contributed by atoms with Crippen molar-refractivity contribution in [1.29, 1.82) is 0 Å². The SMILES string of the molecule is COC(=O)C1(C(C)=O)CC1CCCCc1ccccc1. The van der Waals surface area contributed by atoms with Gasteiger partial charge in [0, 0.05) is 0 Å². The van der Waals surface area contributed by atoms with Crippen LogP contribution in [0.3, 0.4) is 0 Å². The number of Topliss-reactive ketones (excluding diaryl/α,β-unsaturated/α-hetero) is 1. The Hall–Kier alpha value is -1.64. The van der Waals surface area contributed by atoms with Crippen molar-refractivity contribution in [2.75, 3.05) is 7.11 Å². The highest BCUT2D eigenvalue weighted by atomic mass is 16.5. The molecule has 2 atom stereocenters. The molecule has 3 heteroatoms. The summed E-state index contributed by atoms with van der Waals surface area (Å²) in [5.74, 6) is -0.210. The number of unbranched alkanes of at least 4 members (excludes halogenated alkanes) is 1. The maximum Gasteiger partial charge on any atom is 0.319 e. The van der Waals surface area contributed by atoms with Crippen LogP contribution in [0.4, 0.5) is 0 Å². The first-order chi connectivity index (χ1) is 9.61. The molecule has 1 aromatic rings. The fourth-order valence-corrected chi connectivity index (χ4v) is 3.05. The third-order valence-electron chi connectivity index (χ3n) is 4.39. The predicted molar refractivity (Wildman–Crippen MR) is 77.2 cm³/mol. The molecule has 0 bridgehead atoms. The van der Waals surface area contributed by atoms with E-state index in [1.807, 2.05) is 18.2 Å². The normalized spacial score (nSPS) is 24.2. The lowest BCUT2D eigenvalue weighted by atomic mass is 9.96. The molecule has 0 radical (unpaired) electrons. The van der Waals surface area contributed by atoms with Crippen molar-refractivity contribution >= 4 is 11.8 Å². The van der Waals surface area contributed by atoms with Gasteiger partial charge >= 0.3 is 5.97 Å². The highest BCUT2D eigenvalue weighted by Crippen LogP contribution is 2.56. The number of ketones is 1. The molecule has 0 aromatic heterocycles. The van der Waals surface area contributed by atoms with Gasteiger partial charge in [0.05, 0.1) is 7.11 Å². The number of aryl methyl sites for hydroxylation is 1. The first kappa shape index (κ1) is 14.8. The predicted octanol–water partition coefficient (Wildman–Crippen LogP) is 3.17. The summed E-state index contributed by atoms with van der Waals surface area (Å²) in [5.41, 5.74) is 0.524. The monoisotopic (exact) mass is 274 g/mol. The number of esters is 1. The van der Waals surface area contributed by atoms with Crippen molar-refractivity contribution in [2.45, 2.75) is 39.0 Å². The average molecular weight is 274 g/mol. The molecule has 2 rings (SSSR count). The van der Waals surface area contributed by atoms with Crippen LogP contribution in [0.15, 0.2) is 30.3 Å². The molecule has 108 valence electrons. The van der Waals surface area contributed by atoms with Gasteiger partial charge in [0.25, 0.3) is 0 Å². The highest BCUT2D eigenvalue weighted by molar-refractivity contribution is 6.06. The van der Waals surface area contributed by atoms with Gasteiger partial charge in [-0.2, -0.15) is 0 Å². The van der Waals surface area contributed by atoms with Crippen molar-refractivity contribution in [3.8, 4) is 0 Å². The van der Waals surface area contributed by atoms with Crippen molar-refractivity contribution < 1.29 is 14.3 Å². The third kappa shape index (κ3) is 2.92. The summed E-state index contributed by atoms with van der Waals surface area (Å²) in [6.45, 7) is 1.50. The number of methoxy groups -OCH3 is 1. The molecule has 1 fully saturated rings. The topological polar surface area (TPSA) is 43.4 Å². The zero-order chi connectivity index (χ0) is 14.6. The number of rotatable bonds is 7. The summed E-state index contributed by atoms with van der Waals surface area (Å²) in [6.07, 6.45) is 4.79. The quantitative estimate of drug-likeness (QED) is 0.436. The van der Waals surface area contributed by atoms with Gasteiger partial charge in [0.2, 0.25) is 0 Å². The highest BCUT2D eigenvalue weighted by Gasteiger charge is 2.63. The third-order valence-corrected chi connectivity index (χ3v) is 4.39. The van der Waals surface area contributed by atoms with E-state index in [0.717, 1.165) is 25.7 Å². The lowest BCUT2D eigenvalue weighted by Crippen LogP contribution is -2.27. The Balaban J connectivity index is 1.76. The maximum absolute atomic E-state index is 11.8. The lowest BCUT2D eigenvalue weighted by molar-refractivity contribution is -0.151. The van der Waals surface area contributed by atoms with Crippen LogP contribution in [-0.4, -0.2) is 18.9 Å². The lowest BCUT2D eigenvalue weighted by Gasteiger charge is -2.11. The van der Waals surface area contributed by atoms with E-state index in [1.54, 1.807) is 0 Å². The van der Waals surface area contributed by atoms with E-state index in [9.17, 15) is 9.59 Å². The van der Waals surface area contributed by atoms with E-state index < -0.39 is 5.41 Å². The van der Waals surface area contributed by atoms with Gasteiger partial charge in [-0.1, -0.05) is 36.8 Å². The second kappa shape index (κ2) is 6.21. The van der Waals surface area contributed by atoms with Crippen molar-refractivity contribution in [1.82, 2.24) is 0 Å². The van der Waals surface area contributed by atoms with Gasteiger partial charge in [0.15, 0.2) is 0 Å². The maximum atomic E-state index is 11.8. The molecular formula is C17H22O3. The Morgan fingerprint density at radius 3 is 2.55 bits per heavy atom. The molecule has 0 heterocycles. The standard InChI is InChI=1S/C17H22O3/c1-13(18)17(16(19)20-2)12-15(17)11-7-6-10-14-8-4-3-5-9-14/h3-5,8-9,15H,6-7,10-12H2,1-2H3. The molecule has 1 aliphatic carbocycles. The molecule has 0 aliphatic heterocycles. The van der Waals surface area contributed by atoms with E-state index in [-0.39, 0.29) is 17.7 Å². The summed E-state index contributed by atoms with van der Waals surface area (Å²) in [4.78, 5) is 23.5. The van der Waals surface area contributed by atoms with Crippen LogP contribution in [0.2, 0.25) is 0 Å². The van der Waals surface area contributed by atoms with Crippen LogP contribution in [-0.2, 0) is 20.7 Å². The number of hydrogen-bond donors (Lipinski definition) is 0. The molecule has 0 N–H and O–H groups in total. The fourth-order valence-electron chi connectivity index (χ4n) is 3.05. The van der Waals surface area contributed by atoms with Gasteiger partial charge in [0.1, 0.15) is 11.2 Å². The number of carbonyl (C=O) groups is 2. The Morgan fingerprint density at radius 2 is 1.95 bits per heavy atom. The van der Waals surface area contributed by atoms with Gasteiger partial charge in [-0.3, -0.25) is 9.59 Å². The van der Waals surface area contributed by atoms with Crippen LogP contribution in [0.25, 0.3) is 0 Å². The van der Waals surface area contributed by atoms with Gasteiger partial charge in [-0.05, 0) is 44.1 Å². The van der Waals surface area contributed by atoms with E-state index in [0.29, 0.717) is 6.42 Å². The molecule has 0 saturated heterocycles. The van der Waals surface area contributed by atoms with E-state index >= 15 is 0 Å². The van der Waals surface area contributed by atoms with E-state index in [2.05, 4.69) is 12.1 Å². The summed E-state index contributed by atoms with van der Waals surface area (Å²) < 4.78 is 4.78. The average Bonchev–Trinajstić information content (AvgIpc) is 3.20. The van der Waals surface area contributed by atoms with Crippen LogP contribution in [0, 0.1) is 11.3 Å². The first-order valence-electron chi connectivity index (χ1n) is 7.24. The van der Waals surface area contributed by atoms with E-state index in [1.165, 1.54) is 19.6 Å². The number of ether oxygens (including phenoxy) is 1. The van der Waals surface area contributed by atoms with Crippen LogP contribution in [0.1, 0.15) is 38.2 Å². The van der Waals surface area contributed by atoms with Crippen LogP contribution < -0.4 is 0 Å². The molecule has 1 aliphatic rings. The van der Waals surface area contributed by atoms with Crippen molar-refractivity contribution in [3.63, 3.8) is 0 Å². The minimum absolute atomic E-state index is 0.0441. The van der Waals surface area contributed by atoms with Gasteiger partial charge in [-0.25, -0.2) is 0 Å². The van der Waals surface area contributed by atoms with Crippen molar-refractivity contribution in [3.05, 3.63) is 35.9 Å². The Labute approximate surface area is 120 Å². The Bertz CT molecular complexity index is 480. The van der Waals surface area contributed by atoms with Gasteiger partial charge in [-0.15, -0.1) is 0 Å². The molecule has 1 saturated carbocycles. The molecular weight excluding hydrogens is 252 g/mol.